The maximum absolute atomic E-state index is 12.2. The van der Waals surface area contributed by atoms with Crippen molar-refractivity contribution in [1.82, 2.24) is 10.2 Å². The topological polar surface area (TPSA) is 78.5 Å². The van der Waals surface area contributed by atoms with Crippen LogP contribution in [0.1, 0.15) is 20.7 Å². The SMILES string of the molecule is O=C(NCCN1C(=O)c2ccccc2C1=O)Nc1cc(Cl)ccc1Cl. The van der Waals surface area contributed by atoms with Crippen LogP contribution in [0.2, 0.25) is 10.0 Å². The number of imide groups is 1. The van der Waals surface area contributed by atoms with Gasteiger partial charge in [0, 0.05) is 18.1 Å². The van der Waals surface area contributed by atoms with Crippen LogP contribution in [0.25, 0.3) is 0 Å². The van der Waals surface area contributed by atoms with Gasteiger partial charge in [-0.05, 0) is 30.3 Å². The van der Waals surface area contributed by atoms with Crippen molar-refractivity contribution in [3.63, 3.8) is 0 Å². The molecule has 8 heteroatoms. The number of urea groups is 1. The number of carbonyl (C=O) groups is 3. The first-order valence-electron chi connectivity index (χ1n) is 7.42. The molecular formula is C17H13Cl2N3O3. The number of fused-ring (bicyclic) bond motifs is 1. The van der Waals surface area contributed by atoms with Crippen LogP contribution < -0.4 is 10.6 Å². The zero-order chi connectivity index (χ0) is 18.0. The highest BCUT2D eigenvalue weighted by atomic mass is 35.5. The average molecular weight is 378 g/mol. The Bertz CT molecular complexity index is 835. The molecule has 0 saturated carbocycles. The zero-order valence-electron chi connectivity index (χ0n) is 12.9. The Labute approximate surface area is 153 Å². The Morgan fingerprint density at radius 3 is 2.28 bits per heavy atom. The summed E-state index contributed by atoms with van der Waals surface area (Å²) in [5, 5.41) is 5.92. The van der Waals surface area contributed by atoms with E-state index in [0.29, 0.717) is 26.9 Å². The Morgan fingerprint density at radius 2 is 1.64 bits per heavy atom. The second-order valence-corrected chi connectivity index (χ2v) is 6.16. The molecule has 0 bridgehead atoms. The second kappa shape index (κ2) is 7.13. The molecule has 2 aromatic rings. The van der Waals surface area contributed by atoms with Crippen LogP contribution >= 0.6 is 23.2 Å². The standard InChI is InChI=1S/C17H13Cl2N3O3/c18-10-5-6-13(19)14(9-10)21-17(25)20-7-8-22-15(23)11-3-1-2-4-12(11)16(22)24/h1-6,9H,7-8H2,(H2,20,21,25). The van der Waals surface area contributed by atoms with E-state index in [2.05, 4.69) is 10.6 Å². The van der Waals surface area contributed by atoms with Crippen LogP contribution in [-0.4, -0.2) is 35.8 Å². The third-order valence-corrected chi connectivity index (χ3v) is 4.24. The molecule has 1 heterocycles. The van der Waals surface area contributed by atoms with E-state index in [1.54, 1.807) is 36.4 Å². The van der Waals surface area contributed by atoms with Crippen LogP contribution in [-0.2, 0) is 0 Å². The fourth-order valence-electron chi connectivity index (χ4n) is 2.48. The summed E-state index contributed by atoms with van der Waals surface area (Å²) in [6.45, 7) is 0.179. The molecule has 4 amide bonds. The molecule has 0 aliphatic carbocycles. The van der Waals surface area contributed by atoms with E-state index in [1.165, 1.54) is 6.07 Å². The van der Waals surface area contributed by atoms with Crippen LogP contribution in [0.15, 0.2) is 42.5 Å². The van der Waals surface area contributed by atoms with Crippen molar-refractivity contribution >= 4 is 46.7 Å². The van der Waals surface area contributed by atoms with Gasteiger partial charge in [0.1, 0.15) is 0 Å². The molecule has 0 spiro atoms. The van der Waals surface area contributed by atoms with Gasteiger partial charge in [-0.2, -0.15) is 0 Å². The summed E-state index contributed by atoms with van der Waals surface area (Å²) in [5.74, 6) is -0.721. The van der Waals surface area contributed by atoms with E-state index in [4.69, 9.17) is 23.2 Å². The third-order valence-electron chi connectivity index (χ3n) is 3.68. The molecular weight excluding hydrogens is 365 g/mol. The lowest BCUT2D eigenvalue weighted by molar-refractivity contribution is 0.0656. The van der Waals surface area contributed by atoms with Gasteiger partial charge in [-0.15, -0.1) is 0 Å². The fourth-order valence-corrected chi connectivity index (χ4v) is 2.82. The highest BCUT2D eigenvalue weighted by molar-refractivity contribution is 6.35. The minimum atomic E-state index is -0.513. The summed E-state index contributed by atoms with van der Waals surface area (Å²) in [7, 11) is 0. The summed E-state index contributed by atoms with van der Waals surface area (Å²) < 4.78 is 0. The van der Waals surface area contributed by atoms with Gasteiger partial charge >= 0.3 is 6.03 Å². The number of benzene rings is 2. The van der Waals surface area contributed by atoms with Crippen LogP contribution in [0.5, 0.6) is 0 Å². The van der Waals surface area contributed by atoms with Gasteiger partial charge in [0.2, 0.25) is 0 Å². The molecule has 0 saturated heterocycles. The normalized spacial score (nSPS) is 13.0. The number of rotatable bonds is 4. The summed E-state index contributed by atoms with van der Waals surface area (Å²) >= 11 is 11.8. The molecule has 6 nitrogen and oxygen atoms in total. The molecule has 25 heavy (non-hydrogen) atoms. The van der Waals surface area contributed by atoms with Crippen molar-refractivity contribution in [2.45, 2.75) is 0 Å². The molecule has 1 aliphatic rings. The zero-order valence-corrected chi connectivity index (χ0v) is 14.4. The monoisotopic (exact) mass is 377 g/mol. The summed E-state index contributed by atoms with van der Waals surface area (Å²) in [5.41, 5.74) is 1.12. The van der Waals surface area contributed by atoms with E-state index < -0.39 is 6.03 Å². The van der Waals surface area contributed by atoms with Gasteiger partial charge < -0.3 is 10.6 Å². The molecule has 2 aromatic carbocycles. The molecule has 0 unspecified atom stereocenters. The van der Waals surface area contributed by atoms with Crippen molar-refractivity contribution in [3.05, 3.63) is 63.6 Å². The number of amides is 4. The summed E-state index contributed by atoms with van der Waals surface area (Å²) in [6, 6.07) is 10.8. The Kier molecular flexibility index (Phi) is 4.92. The highest BCUT2D eigenvalue weighted by Crippen LogP contribution is 2.25. The number of carbonyl (C=O) groups excluding carboxylic acids is 3. The van der Waals surface area contributed by atoms with Crippen molar-refractivity contribution in [3.8, 4) is 0 Å². The summed E-state index contributed by atoms with van der Waals surface area (Å²) in [6.07, 6.45) is 0. The molecule has 0 atom stereocenters. The van der Waals surface area contributed by atoms with E-state index in [-0.39, 0.29) is 24.9 Å². The smallest absolute Gasteiger partial charge is 0.319 e. The van der Waals surface area contributed by atoms with Gasteiger partial charge in [0.25, 0.3) is 11.8 Å². The van der Waals surface area contributed by atoms with Crippen molar-refractivity contribution in [2.75, 3.05) is 18.4 Å². The van der Waals surface area contributed by atoms with E-state index in [9.17, 15) is 14.4 Å². The Morgan fingerprint density at radius 1 is 1.00 bits per heavy atom. The lowest BCUT2D eigenvalue weighted by atomic mass is 10.1. The Hall–Kier alpha value is -2.57. The third kappa shape index (κ3) is 3.60. The van der Waals surface area contributed by atoms with Crippen molar-refractivity contribution < 1.29 is 14.4 Å². The number of nitrogens with zero attached hydrogens (tertiary/aromatic N) is 1. The predicted octanol–water partition coefficient (Wildman–Crippen LogP) is 3.41. The number of hydrogen-bond acceptors (Lipinski definition) is 3. The first-order chi connectivity index (χ1) is 12.0. The van der Waals surface area contributed by atoms with Crippen molar-refractivity contribution in [2.24, 2.45) is 0 Å². The molecule has 128 valence electrons. The number of hydrogen-bond donors (Lipinski definition) is 2. The minimum absolute atomic E-state index is 0.0725. The molecule has 1 aliphatic heterocycles. The molecule has 0 radical (unpaired) electrons. The van der Waals surface area contributed by atoms with Crippen LogP contribution in [0.4, 0.5) is 10.5 Å². The number of halogens is 2. The Balaban J connectivity index is 1.55. The highest BCUT2D eigenvalue weighted by Gasteiger charge is 2.34. The second-order valence-electron chi connectivity index (χ2n) is 5.31. The van der Waals surface area contributed by atoms with Crippen LogP contribution in [0, 0.1) is 0 Å². The molecule has 3 rings (SSSR count). The lowest BCUT2D eigenvalue weighted by Crippen LogP contribution is -2.39. The fraction of sp³-hybridized carbons (Fsp3) is 0.118. The number of nitrogens with one attached hydrogen (secondary N) is 2. The summed E-state index contributed by atoms with van der Waals surface area (Å²) in [4.78, 5) is 37.4. The number of anilines is 1. The van der Waals surface area contributed by atoms with Gasteiger partial charge in [-0.3, -0.25) is 14.5 Å². The van der Waals surface area contributed by atoms with Gasteiger partial charge in [-0.25, -0.2) is 4.79 Å². The first kappa shape index (κ1) is 17.3. The maximum atomic E-state index is 12.2. The molecule has 0 aromatic heterocycles. The van der Waals surface area contributed by atoms with E-state index >= 15 is 0 Å². The van der Waals surface area contributed by atoms with E-state index in [0.717, 1.165) is 4.90 Å². The maximum Gasteiger partial charge on any atom is 0.319 e. The molecule has 0 fully saturated rings. The molecule has 2 N–H and O–H groups in total. The van der Waals surface area contributed by atoms with Crippen LogP contribution in [0.3, 0.4) is 0 Å². The van der Waals surface area contributed by atoms with Gasteiger partial charge in [0.15, 0.2) is 0 Å². The quantitative estimate of drug-likeness (QED) is 0.801. The van der Waals surface area contributed by atoms with Crippen molar-refractivity contribution in [1.29, 1.82) is 0 Å². The van der Waals surface area contributed by atoms with Gasteiger partial charge in [-0.1, -0.05) is 35.3 Å². The largest absolute Gasteiger partial charge is 0.336 e. The minimum Gasteiger partial charge on any atom is -0.336 e. The average Bonchev–Trinajstić information content (AvgIpc) is 2.83. The first-order valence-corrected chi connectivity index (χ1v) is 8.18. The van der Waals surface area contributed by atoms with E-state index in [1.807, 2.05) is 0 Å². The lowest BCUT2D eigenvalue weighted by Gasteiger charge is -2.15. The predicted molar refractivity (Wildman–Crippen MR) is 95.3 cm³/mol. The van der Waals surface area contributed by atoms with Gasteiger partial charge in [0.05, 0.1) is 21.8 Å².